The van der Waals surface area contributed by atoms with Gasteiger partial charge in [0.1, 0.15) is 16.3 Å². The number of nitrogens with one attached hydrogen (secondary N) is 2. The Kier molecular flexibility index (Phi) is 5.15. The van der Waals surface area contributed by atoms with Gasteiger partial charge in [0.2, 0.25) is 0 Å². The summed E-state index contributed by atoms with van der Waals surface area (Å²) in [7, 11) is -3.87. The Bertz CT molecular complexity index is 1200. The van der Waals surface area contributed by atoms with Crippen molar-refractivity contribution in [3.63, 3.8) is 0 Å². The minimum absolute atomic E-state index is 0.0184. The molecule has 2 aromatic heterocycles. The lowest BCUT2D eigenvalue weighted by atomic mass is 10.1. The van der Waals surface area contributed by atoms with Gasteiger partial charge in [-0.05, 0) is 56.9 Å². The summed E-state index contributed by atoms with van der Waals surface area (Å²) < 4.78 is 34.2. The van der Waals surface area contributed by atoms with Crippen molar-refractivity contribution in [2.75, 3.05) is 17.8 Å². The number of aromatic nitrogens is 2. The second kappa shape index (κ2) is 7.64. The Balaban J connectivity index is 1.64. The fraction of sp³-hybridized carbons (Fsp3) is 0.333. The van der Waals surface area contributed by atoms with Gasteiger partial charge < -0.3 is 9.32 Å². The number of anilines is 1. The minimum Gasteiger partial charge on any atom is -0.458 e. The summed E-state index contributed by atoms with van der Waals surface area (Å²) in [6, 6.07) is 6.79. The van der Waals surface area contributed by atoms with E-state index in [0.29, 0.717) is 30.0 Å². The molecule has 30 heavy (non-hydrogen) atoms. The molecule has 9 heteroatoms. The highest BCUT2D eigenvalue weighted by atomic mass is 32.2. The molecule has 0 bridgehead atoms. The number of furan rings is 1. The van der Waals surface area contributed by atoms with Gasteiger partial charge in [-0.25, -0.2) is 8.42 Å². The highest BCUT2D eigenvalue weighted by Crippen LogP contribution is 2.31. The van der Waals surface area contributed by atoms with Gasteiger partial charge in [-0.3, -0.25) is 14.6 Å². The number of hydrogen-bond acceptors (Lipinski definition) is 5. The lowest BCUT2D eigenvalue weighted by Crippen LogP contribution is -2.27. The third-order valence-corrected chi connectivity index (χ3v) is 6.92. The quantitative estimate of drug-likeness (QED) is 0.645. The molecule has 0 radical (unpaired) electrons. The van der Waals surface area contributed by atoms with Crippen molar-refractivity contribution in [3.8, 4) is 11.5 Å². The van der Waals surface area contributed by atoms with Crippen LogP contribution in [0.4, 0.5) is 5.69 Å². The summed E-state index contributed by atoms with van der Waals surface area (Å²) >= 11 is 0. The minimum atomic E-state index is -3.87. The first kappa shape index (κ1) is 20.2. The van der Waals surface area contributed by atoms with Crippen molar-refractivity contribution in [2.24, 2.45) is 0 Å². The van der Waals surface area contributed by atoms with Crippen molar-refractivity contribution in [1.82, 2.24) is 15.1 Å². The van der Waals surface area contributed by atoms with E-state index in [0.717, 1.165) is 24.0 Å². The number of carbonyl (C=O) groups is 1. The fourth-order valence-corrected chi connectivity index (χ4v) is 4.83. The number of hydrogen-bond donors (Lipinski definition) is 2. The van der Waals surface area contributed by atoms with Crippen LogP contribution in [0.3, 0.4) is 0 Å². The number of aromatic amines is 1. The molecule has 2 N–H and O–H groups in total. The molecule has 1 aromatic carbocycles. The fourth-order valence-electron chi connectivity index (χ4n) is 3.60. The van der Waals surface area contributed by atoms with Crippen LogP contribution in [0.1, 0.15) is 40.1 Å². The Hall–Kier alpha value is -3.07. The van der Waals surface area contributed by atoms with Gasteiger partial charge in [-0.2, -0.15) is 5.10 Å². The lowest BCUT2D eigenvalue weighted by Gasteiger charge is -2.14. The van der Waals surface area contributed by atoms with Gasteiger partial charge in [-0.1, -0.05) is 6.07 Å². The Morgan fingerprint density at radius 2 is 1.87 bits per heavy atom. The molecule has 4 rings (SSSR count). The van der Waals surface area contributed by atoms with Crippen molar-refractivity contribution in [2.45, 2.75) is 38.5 Å². The first-order valence-corrected chi connectivity index (χ1v) is 11.3. The van der Waals surface area contributed by atoms with E-state index < -0.39 is 10.0 Å². The van der Waals surface area contributed by atoms with Crippen LogP contribution in [0.25, 0.3) is 11.5 Å². The summed E-state index contributed by atoms with van der Waals surface area (Å²) in [6.07, 6.45) is 3.41. The predicted molar refractivity (Wildman–Crippen MR) is 113 cm³/mol. The number of benzene rings is 1. The molecule has 0 spiro atoms. The smallest absolute Gasteiger partial charge is 0.265 e. The monoisotopic (exact) mass is 428 g/mol. The molecule has 1 saturated heterocycles. The first-order chi connectivity index (χ1) is 14.3. The maximum Gasteiger partial charge on any atom is 0.265 e. The largest absolute Gasteiger partial charge is 0.458 e. The molecular weight excluding hydrogens is 404 g/mol. The number of aryl methyl sites for hydroxylation is 3. The molecule has 1 aliphatic rings. The van der Waals surface area contributed by atoms with Crippen LogP contribution in [0, 0.1) is 20.8 Å². The van der Waals surface area contributed by atoms with Crippen molar-refractivity contribution < 1.29 is 17.6 Å². The van der Waals surface area contributed by atoms with Crippen LogP contribution in [0.15, 0.2) is 39.8 Å². The van der Waals surface area contributed by atoms with Crippen LogP contribution in [0.5, 0.6) is 0 Å². The normalized spacial score (nSPS) is 14.3. The number of sulfonamides is 1. The third kappa shape index (κ3) is 3.72. The van der Waals surface area contributed by atoms with Gasteiger partial charge in [-0.15, -0.1) is 0 Å². The summed E-state index contributed by atoms with van der Waals surface area (Å²) in [6.45, 7) is 6.88. The first-order valence-electron chi connectivity index (χ1n) is 9.80. The Labute approximate surface area is 175 Å². The van der Waals surface area contributed by atoms with Crippen LogP contribution < -0.4 is 4.72 Å². The van der Waals surface area contributed by atoms with E-state index in [2.05, 4.69) is 14.9 Å². The lowest BCUT2D eigenvalue weighted by molar-refractivity contribution is 0.0793. The molecule has 8 nitrogen and oxygen atoms in total. The van der Waals surface area contributed by atoms with Gasteiger partial charge in [0.05, 0.1) is 11.8 Å². The molecule has 1 aliphatic heterocycles. The average Bonchev–Trinajstić information content (AvgIpc) is 3.43. The summed E-state index contributed by atoms with van der Waals surface area (Å²) in [5.41, 5.74) is 3.29. The molecule has 0 unspecified atom stereocenters. The van der Waals surface area contributed by atoms with Crippen LogP contribution >= 0.6 is 0 Å². The van der Waals surface area contributed by atoms with E-state index in [9.17, 15) is 13.2 Å². The van der Waals surface area contributed by atoms with Gasteiger partial charge in [0.15, 0.2) is 5.76 Å². The van der Waals surface area contributed by atoms with Gasteiger partial charge >= 0.3 is 0 Å². The van der Waals surface area contributed by atoms with E-state index in [1.807, 2.05) is 19.9 Å². The number of likely N-dealkylation sites (tertiary alicyclic amines) is 1. The van der Waals surface area contributed by atoms with E-state index in [1.54, 1.807) is 24.0 Å². The molecule has 3 heterocycles. The summed E-state index contributed by atoms with van der Waals surface area (Å²) in [5, 5.41) is 6.76. The molecule has 1 amide bonds. The number of amides is 1. The highest BCUT2D eigenvalue weighted by Gasteiger charge is 2.28. The van der Waals surface area contributed by atoms with Crippen molar-refractivity contribution in [3.05, 3.63) is 52.9 Å². The van der Waals surface area contributed by atoms with E-state index in [-0.39, 0.29) is 22.3 Å². The van der Waals surface area contributed by atoms with Crippen LogP contribution in [-0.4, -0.2) is 42.5 Å². The Morgan fingerprint density at radius 3 is 2.57 bits per heavy atom. The van der Waals surface area contributed by atoms with Crippen molar-refractivity contribution in [1.29, 1.82) is 0 Å². The second-order valence-electron chi connectivity index (χ2n) is 7.59. The zero-order valence-corrected chi connectivity index (χ0v) is 18.0. The van der Waals surface area contributed by atoms with E-state index in [1.165, 1.54) is 12.3 Å². The van der Waals surface area contributed by atoms with Crippen LogP contribution in [-0.2, 0) is 10.0 Å². The molecule has 1 fully saturated rings. The molecule has 0 atom stereocenters. The zero-order chi connectivity index (χ0) is 21.5. The molecule has 0 saturated carbocycles. The maximum absolute atomic E-state index is 13.0. The van der Waals surface area contributed by atoms with E-state index >= 15 is 0 Å². The second-order valence-corrected chi connectivity index (χ2v) is 9.24. The topological polar surface area (TPSA) is 108 Å². The average molecular weight is 429 g/mol. The third-order valence-electron chi connectivity index (χ3n) is 5.43. The SMILES string of the molecule is Cc1ccc(NS(=O)(=O)c2cc(-c3[nH]ncc3C(=O)N3CCCC3)oc2C)cc1C. The molecular formula is C21H24N4O4S. The molecule has 3 aromatic rings. The summed E-state index contributed by atoms with van der Waals surface area (Å²) in [5.74, 6) is 0.353. The molecule has 158 valence electrons. The number of carbonyl (C=O) groups excluding carboxylic acids is 1. The van der Waals surface area contributed by atoms with E-state index in [4.69, 9.17) is 4.42 Å². The Morgan fingerprint density at radius 1 is 1.13 bits per heavy atom. The van der Waals surface area contributed by atoms with Gasteiger partial charge in [0, 0.05) is 24.8 Å². The van der Waals surface area contributed by atoms with Crippen LogP contribution in [0.2, 0.25) is 0 Å². The predicted octanol–water partition coefficient (Wildman–Crippen LogP) is 3.63. The summed E-state index contributed by atoms with van der Waals surface area (Å²) in [4.78, 5) is 14.6. The number of nitrogens with zero attached hydrogens (tertiary/aromatic N) is 2. The number of H-pyrrole nitrogens is 1. The van der Waals surface area contributed by atoms with Gasteiger partial charge in [0.25, 0.3) is 15.9 Å². The zero-order valence-electron chi connectivity index (χ0n) is 17.2. The number of rotatable bonds is 5. The van der Waals surface area contributed by atoms with Crippen molar-refractivity contribution >= 4 is 21.6 Å². The molecule has 0 aliphatic carbocycles. The highest BCUT2D eigenvalue weighted by molar-refractivity contribution is 7.92. The standard InChI is InChI=1S/C21H24N4O4S/c1-13-6-7-16(10-14(13)2)24-30(27,28)19-11-18(29-15(19)3)20-17(12-22-23-20)21(26)25-8-4-5-9-25/h6-7,10-12,24H,4-5,8-9H2,1-3H3,(H,22,23). The maximum atomic E-state index is 13.0.